The van der Waals surface area contributed by atoms with Crippen molar-refractivity contribution in [2.45, 2.75) is 0 Å². The van der Waals surface area contributed by atoms with Gasteiger partial charge in [0.05, 0.1) is 44.3 Å². The molecule has 14 rings (SSSR count). The van der Waals surface area contributed by atoms with Crippen LogP contribution >= 0.6 is 0 Å². The highest BCUT2D eigenvalue weighted by Crippen LogP contribution is 2.42. The van der Waals surface area contributed by atoms with Crippen LogP contribution in [0, 0.1) is 0 Å². The van der Waals surface area contributed by atoms with Crippen LogP contribution in [0.1, 0.15) is 0 Å². The van der Waals surface area contributed by atoms with E-state index in [-0.39, 0.29) is 0 Å². The van der Waals surface area contributed by atoms with Crippen molar-refractivity contribution in [1.29, 1.82) is 0 Å². The van der Waals surface area contributed by atoms with Gasteiger partial charge in [-0.15, -0.1) is 0 Å². The van der Waals surface area contributed by atoms with Crippen LogP contribution in [-0.4, -0.2) is 23.7 Å². The maximum Gasteiger partial charge on any atom is 0.145 e. The van der Waals surface area contributed by atoms with Gasteiger partial charge in [-0.25, -0.2) is 9.97 Å². The van der Waals surface area contributed by atoms with Crippen LogP contribution in [0.4, 0.5) is 0 Å². The minimum absolute atomic E-state index is 0.894. The standard InChI is InChI=1S/C62H39N5/c1-3-17-42(18-4-1)62-64-61-58(67(62)44-19-5-2-6-20-44)36-35-52-47-21-7-12-26-53(47)63-60(59(52)61)41-33-31-40(32-34-41)43-37-45(65-54-27-13-8-22-48(54)49-23-9-14-28-55(49)65)39-46(38-43)66-56-29-15-10-24-50(56)51-25-11-16-30-57(51)66/h1-39H. The Hall–Kier alpha value is -9.06. The molecule has 0 aliphatic rings. The lowest BCUT2D eigenvalue weighted by Gasteiger charge is -2.16. The predicted octanol–water partition coefficient (Wildman–Crippen LogP) is 15.9. The lowest BCUT2D eigenvalue weighted by atomic mass is 9.96. The zero-order valence-corrected chi connectivity index (χ0v) is 36.3. The number of benzene rings is 10. The average molecular weight is 854 g/mol. The van der Waals surface area contributed by atoms with E-state index in [0.29, 0.717) is 0 Å². The van der Waals surface area contributed by atoms with Crippen molar-refractivity contribution in [3.05, 3.63) is 237 Å². The monoisotopic (exact) mass is 853 g/mol. The first kappa shape index (κ1) is 37.3. The molecular formula is C62H39N5. The Bertz CT molecular complexity index is 4010. The molecule has 67 heavy (non-hydrogen) atoms. The Morgan fingerprint density at radius 1 is 0.269 bits per heavy atom. The van der Waals surface area contributed by atoms with Crippen LogP contribution in [0.5, 0.6) is 0 Å². The van der Waals surface area contributed by atoms with Gasteiger partial charge in [0.1, 0.15) is 5.82 Å². The minimum atomic E-state index is 0.894. The first-order valence-electron chi connectivity index (χ1n) is 22.8. The van der Waals surface area contributed by atoms with Crippen molar-refractivity contribution in [3.63, 3.8) is 0 Å². The number of nitrogens with zero attached hydrogens (tertiary/aromatic N) is 5. The Morgan fingerprint density at radius 3 is 1.31 bits per heavy atom. The van der Waals surface area contributed by atoms with Gasteiger partial charge in [-0.1, -0.05) is 170 Å². The molecule has 0 unspecified atom stereocenters. The van der Waals surface area contributed by atoms with Crippen molar-refractivity contribution in [3.8, 4) is 50.8 Å². The fourth-order valence-corrected chi connectivity index (χ4v) is 10.7. The molecule has 10 aromatic carbocycles. The summed E-state index contributed by atoms with van der Waals surface area (Å²) in [4.78, 5) is 11.0. The Labute approximate surface area is 385 Å². The van der Waals surface area contributed by atoms with E-state index in [9.17, 15) is 0 Å². The van der Waals surface area contributed by atoms with Gasteiger partial charge in [0, 0.05) is 60.5 Å². The Balaban J connectivity index is 1.00. The van der Waals surface area contributed by atoms with Crippen molar-refractivity contribution < 1.29 is 0 Å². The first-order chi connectivity index (χ1) is 33.2. The molecule has 0 aliphatic heterocycles. The highest BCUT2D eigenvalue weighted by Gasteiger charge is 2.22. The van der Waals surface area contributed by atoms with Crippen LogP contribution in [0.25, 0.3) is 127 Å². The van der Waals surface area contributed by atoms with E-state index < -0.39 is 0 Å². The summed E-state index contributed by atoms with van der Waals surface area (Å²) < 4.78 is 7.13. The molecule has 0 aliphatic carbocycles. The second-order valence-corrected chi connectivity index (χ2v) is 17.4. The second-order valence-electron chi connectivity index (χ2n) is 17.4. The Kier molecular flexibility index (Phi) is 8.21. The summed E-state index contributed by atoms with van der Waals surface area (Å²) in [6.45, 7) is 0. The molecule has 0 radical (unpaired) electrons. The molecule has 0 saturated heterocycles. The molecule has 0 spiro atoms. The van der Waals surface area contributed by atoms with Crippen LogP contribution in [0.3, 0.4) is 0 Å². The number of hydrogen-bond donors (Lipinski definition) is 0. The molecule has 0 bridgehead atoms. The SMILES string of the molecule is c1ccc(-c2nc3c4c(-c5ccc(-c6cc(-n7c8ccccc8c8ccccc87)cc(-n7c8ccccc8c8ccccc87)c6)cc5)nc5ccccc5c4ccc3n2-c2ccccc2)cc1. The highest BCUT2D eigenvalue weighted by molar-refractivity contribution is 6.20. The lowest BCUT2D eigenvalue weighted by molar-refractivity contribution is 1.10. The van der Waals surface area contributed by atoms with E-state index in [4.69, 9.17) is 9.97 Å². The maximum absolute atomic E-state index is 5.52. The fourth-order valence-electron chi connectivity index (χ4n) is 10.7. The maximum atomic E-state index is 5.52. The number of para-hydroxylation sites is 6. The van der Waals surface area contributed by atoms with Crippen LogP contribution < -0.4 is 0 Å². The van der Waals surface area contributed by atoms with Gasteiger partial charge in [0.2, 0.25) is 0 Å². The van der Waals surface area contributed by atoms with E-state index in [1.807, 2.05) is 0 Å². The van der Waals surface area contributed by atoms with E-state index in [0.717, 1.165) is 83.5 Å². The van der Waals surface area contributed by atoms with Crippen molar-refractivity contribution in [2.75, 3.05) is 0 Å². The van der Waals surface area contributed by atoms with Gasteiger partial charge in [0.15, 0.2) is 0 Å². The number of hydrogen-bond acceptors (Lipinski definition) is 2. The minimum Gasteiger partial charge on any atom is -0.309 e. The van der Waals surface area contributed by atoms with Gasteiger partial charge >= 0.3 is 0 Å². The first-order valence-corrected chi connectivity index (χ1v) is 22.8. The third kappa shape index (κ3) is 5.75. The molecule has 4 aromatic heterocycles. The highest BCUT2D eigenvalue weighted by atomic mass is 15.1. The largest absolute Gasteiger partial charge is 0.309 e. The molecule has 4 heterocycles. The topological polar surface area (TPSA) is 40.6 Å². The molecule has 0 N–H and O–H groups in total. The summed E-state index contributed by atoms with van der Waals surface area (Å²) >= 11 is 0. The summed E-state index contributed by atoms with van der Waals surface area (Å²) in [6.07, 6.45) is 0. The zero-order chi connectivity index (χ0) is 44.0. The third-order valence-corrected chi connectivity index (χ3v) is 13.6. The number of rotatable bonds is 6. The number of imidazole rings is 1. The van der Waals surface area contributed by atoms with Gasteiger partial charge < -0.3 is 9.13 Å². The van der Waals surface area contributed by atoms with Crippen molar-refractivity contribution in [1.82, 2.24) is 23.7 Å². The summed E-state index contributed by atoms with van der Waals surface area (Å²) in [7, 11) is 0. The smallest absolute Gasteiger partial charge is 0.145 e. The summed E-state index contributed by atoms with van der Waals surface area (Å²) in [5.41, 5.74) is 16.1. The van der Waals surface area contributed by atoms with Crippen LogP contribution in [0.15, 0.2) is 237 Å². The molecule has 0 atom stereocenters. The van der Waals surface area contributed by atoms with E-state index in [2.05, 4.69) is 250 Å². The molecule has 14 aromatic rings. The molecular weight excluding hydrogens is 815 g/mol. The molecule has 0 fully saturated rings. The van der Waals surface area contributed by atoms with E-state index >= 15 is 0 Å². The number of fused-ring (bicyclic) bond motifs is 11. The third-order valence-electron chi connectivity index (χ3n) is 13.6. The quantitative estimate of drug-likeness (QED) is 0.156. The van der Waals surface area contributed by atoms with Crippen LogP contribution in [0.2, 0.25) is 0 Å². The molecule has 312 valence electrons. The predicted molar refractivity (Wildman–Crippen MR) is 279 cm³/mol. The fraction of sp³-hybridized carbons (Fsp3) is 0. The number of aromatic nitrogens is 5. The Morgan fingerprint density at radius 2 is 0.746 bits per heavy atom. The van der Waals surface area contributed by atoms with Gasteiger partial charge in [0.25, 0.3) is 0 Å². The van der Waals surface area contributed by atoms with Gasteiger partial charge in [-0.3, -0.25) is 4.57 Å². The van der Waals surface area contributed by atoms with Crippen molar-refractivity contribution >= 4 is 76.3 Å². The normalized spacial score (nSPS) is 11.9. The van der Waals surface area contributed by atoms with Gasteiger partial charge in [-0.05, 0) is 83.2 Å². The van der Waals surface area contributed by atoms with Crippen molar-refractivity contribution in [2.24, 2.45) is 0 Å². The molecule has 5 heteroatoms. The number of pyridine rings is 1. The summed E-state index contributed by atoms with van der Waals surface area (Å²) in [6, 6.07) is 85.0. The van der Waals surface area contributed by atoms with E-state index in [1.165, 1.54) is 43.6 Å². The lowest BCUT2D eigenvalue weighted by Crippen LogP contribution is -2.00. The van der Waals surface area contributed by atoms with Crippen LogP contribution in [-0.2, 0) is 0 Å². The molecule has 0 amide bonds. The summed E-state index contributed by atoms with van der Waals surface area (Å²) in [5, 5.41) is 8.22. The average Bonchev–Trinajstić information content (AvgIpc) is 4.07. The van der Waals surface area contributed by atoms with E-state index in [1.54, 1.807) is 0 Å². The summed E-state index contributed by atoms with van der Waals surface area (Å²) in [5.74, 6) is 0.894. The second kappa shape index (κ2) is 14.7. The van der Waals surface area contributed by atoms with Gasteiger partial charge in [-0.2, -0.15) is 0 Å². The zero-order valence-electron chi connectivity index (χ0n) is 36.3. The molecule has 0 saturated carbocycles. The molecule has 5 nitrogen and oxygen atoms in total.